The lowest BCUT2D eigenvalue weighted by Crippen LogP contribution is -2.21. The summed E-state index contributed by atoms with van der Waals surface area (Å²) in [6, 6.07) is 12.1. The fourth-order valence-corrected chi connectivity index (χ4v) is 1.99. The minimum Gasteiger partial charge on any atom is -0.495 e. The van der Waals surface area contributed by atoms with Crippen LogP contribution < -0.4 is 16.2 Å². The van der Waals surface area contributed by atoms with Crippen molar-refractivity contribution in [3.63, 3.8) is 0 Å². The molecule has 0 amide bonds. The maximum Gasteiger partial charge on any atom is 0.211 e. The monoisotopic (exact) mass is 285 g/mol. The van der Waals surface area contributed by atoms with Crippen LogP contribution in [0.15, 0.2) is 52.8 Å². The number of aryl methyl sites for hydroxylation is 1. The van der Waals surface area contributed by atoms with Crippen LogP contribution >= 0.6 is 0 Å². The maximum absolute atomic E-state index is 5.31. The van der Waals surface area contributed by atoms with Crippen LogP contribution in [0.5, 0.6) is 5.75 Å². The van der Waals surface area contributed by atoms with Gasteiger partial charge < -0.3 is 20.8 Å². The molecule has 110 valence electrons. The van der Waals surface area contributed by atoms with Crippen LogP contribution in [0.25, 0.3) is 5.69 Å². The van der Waals surface area contributed by atoms with E-state index in [0.717, 1.165) is 30.0 Å². The first-order valence-electron chi connectivity index (χ1n) is 6.62. The first kappa shape index (κ1) is 14.6. The highest BCUT2D eigenvalue weighted by Crippen LogP contribution is 2.21. The highest BCUT2D eigenvalue weighted by Gasteiger charge is 2.07. The van der Waals surface area contributed by atoms with Crippen LogP contribution in [0.3, 0.4) is 0 Å². The van der Waals surface area contributed by atoms with E-state index in [4.69, 9.17) is 16.2 Å². The van der Waals surface area contributed by atoms with Crippen LogP contribution in [0.4, 0.5) is 0 Å². The molecular formula is C15H19N5O. The van der Waals surface area contributed by atoms with E-state index in [2.05, 4.69) is 26.9 Å². The Balaban J connectivity index is 2.13. The highest BCUT2D eigenvalue weighted by atomic mass is 16.5. The number of nitrogens with zero attached hydrogens (tertiary/aromatic N) is 3. The second-order valence-electron chi connectivity index (χ2n) is 4.44. The van der Waals surface area contributed by atoms with E-state index in [1.807, 2.05) is 30.5 Å². The molecule has 0 bridgehead atoms. The molecule has 1 heterocycles. The SMILES string of the molecule is COc1cc(CC/C=N/N=C(N)N)n(-c2ccccc2)c1. The molecule has 6 nitrogen and oxygen atoms in total. The van der Waals surface area contributed by atoms with Gasteiger partial charge in [-0.1, -0.05) is 18.2 Å². The summed E-state index contributed by atoms with van der Waals surface area (Å²) in [5.41, 5.74) is 12.6. The van der Waals surface area contributed by atoms with Gasteiger partial charge in [-0.2, -0.15) is 5.10 Å². The first-order valence-corrected chi connectivity index (χ1v) is 6.62. The summed E-state index contributed by atoms with van der Waals surface area (Å²) >= 11 is 0. The third-order valence-electron chi connectivity index (χ3n) is 2.93. The largest absolute Gasteiger partial charge is 0.495 e. The fraction of sp³-hybridized carbons (Fsp3) is 0.200. The van der Waals surface area contributed by atoms with E-state index < -0.39 is 0 Å². The Morgan fingerprint density at radius 1 is 1.29 bits per heavy atom. The predicted octanol–water partition coefficient (Wildman–Crippen LogP) is 1.68. The minimum absolute atomic E-state index is 0.0411. The third kappa shape index (κ3) is 4.10. The van der Waals surface area contributed by atoms with Gasteiger partial charge in [0, 0.05) is 23.7 Å². The van der Waals surface area contributed by atoms with Crippen LogP contribution in [-0.4, -0.2) is 23.9 Å². The van der Waals surface area contributed by atoms with Gasteiger partial charge in [0.2, 0.25) is 5.96 Å². The predicted molar refractivity (Wildman–Crippen MR) is 84.9 cm³/mol. The molecule has 0 aliphatic heterocycles. The second-order valence-corrected chi connectivity index (χ2v) is 4.44. The standard InChI is InChI=1S/C15H19N5O/c1-21-14-10-13(8-5-9-18-19-15(16)17)20(11-14)12-6-3-2-4-7-12/h2-4,6-7,9-11H,5,8H2,1H3,(H4,16,17,19)/b18-9+. The Morgan fingerprint density at radius 2 is 2.05 bits per heavy atom. The molecule has 2 aromatic rings. The zero-order valence-corrected chi connectivity index (χ0v) is 11.9. The van der Waals surface area contributed by atoms with E-state index >= 15 is 0 Å². The Labute approximate surface area is 123 Å². The Kier molecular flexibility index (Phi) is 4.98. The van der Waals surface area contributed by atoms with Crippen molar-refractivity contribution in [1.82, 2.24) is 4.57 Å². The Hall–Kier alpha value is -2.76. The molecule has 0 saturated heterocycles. The third-order valence-corrected chi connectivity index (χ3v) is 2.93. The summed E-state index contributed by atoms with van der Waals surface area (Å²) < 4.78 is 7.41. The summed E-state index contributed by atoms with van der Waals surface area (Å²) in [7, 11) is 1.66. The highest BCUT2D eigenvalue weighted by molar-refractivity contribution is 5.76. The molecule has 0 fully saturated rings. The summed E-state index contributed by atoms with van der Waals surface area (Å²) in [6.45, 7) is 0. The molecule has 0 atom stereocenters. The molecule has 0 saturated carbocycles. The number of hydrogen-bond donors (Lipinski definition) is 2. The van der Waals surface area contributed by atoms with Crippen molar-refractivity contribution < 1.29 is 4.74 Å². The number of rotatable bonds is 6. The lowest BCUT2D eigenvalue weighted by Gasteiger charge is -2.07. The molecule has 0 spiro atoms. The van der Waals surface area contributed by atoms with Gasteiger partial charge in [-0.3, -0.25) is 0 Å². The molecule has 4 N–H and O–H groups in total. The zero-order valence-electron chi connectivity index (χ0n) is 11.9. The van der Waals surface area contributed by atoms with Crippen molar-refractivity contribution in [3.8, 4) is 11.4 Å². The van der Waals surface area contributed by atoms with Crippen LogP contribution in [-0.2, 0) is 6.42 Å². The Morgan fingerprint density at radius 3 is 2.71 bits per heavy atom. The van der Waals surface area contributed by atoms with Crippen molar-refractivity contribution in [1.29, 1.82) is 0 Å². The second kappa shape index (κ2) is 7.14. The van der Waals surface area contributed by atoms with E-state index in [0.29, 0.717) is 0 Å². The topological polar surface area (TPSA) is 90.9 Å². The van der Waals surface area contributed by atoms with Gasteiger partial charge in [0.25, 0.3) is 0 Å². The van der Waals surface area contributed by atoms with Gasteiger partial charge in [-0.15, -0.1) is 5.10 Å². The first-order chi connectivity index (χ1) is 10.2. The molecule has 1 aromatic carbocycles. The van der Waals surface area contributed by atoms with Gasteiger partial charge in [-0.25, -0.2) is 0 Å². The lowest BCUT2D eigenvalue weighted by atomic mass is 10.2. The molecule has 1 aromatic heterocycles. The summed E-state index contributed by atoms with van der Waals surface area (Å²) in [5.74, 6) is 0.788. The van der Waals surface area contributed by atoms with Crippen LogP contribution in [0.1, 0.15) is 12.1 Å². The molecule has 2 rings (SSSR count). The van der Waals surface area contributed by atoms with Gasteiger partial charge in [0.05, 0.1) is 13.3 Å². The van der Waals surface area contributed by atoms with E-state index in [1.54, 1.807) is 13.3 Å². The number of ether oxygens (including phenoxy) is 1. The Bertz CT molecular complexity index is 627. The van der Waals surface area contributed by atoms with Crippen LogP contribution in [0.2, 0.25) is 0 Å². The molecule has 0 aliphatic carbocycles. The number of methoxy groups -OCH3 is 1. The van der Waals surface area contributed by atoms with E-state index in [-0.39, 0.29) is 5.96 Å². The summed E-state index contributed by atoms with van der Waals surface area (Å²) in [5, 5.41) is 7.36. The van der Waals surface area contributed by atoms with Crippen LogP contribution in [0, 0.1) is 0 Å². The van der Waals surface area contributed by atoms with E-state index in [1.165, 1.54) is 0 Å². The summed E-state index contributed by atoms with van der Waals surface area (Å²) in [6.07, 6.45) is 5.20. The number of aromatic nitrogens is 1. The summed E-state index contributed by atoms with van der Waals surface area (Å²) in [4.78, 5) is 0. The minimum atomic E-state index is -0.0411. The average molecular weight is 285 g/mol. The van der Waals surface area contributed by atoms with Crippen molar-refractivity contribution in [2.24, 2.45) is 21.7 Å². The molecular weight excluding hydrogens is 266 g/mol. The zero-order chi connectivity index (χ0) is 15.1. The molecule has 0 unspecified atom stereocenters. The van der Waals surface area contributed by atoms with E-state index in [9.17, 15) is 0 Å². The molecule has 6 heteroatoms. The van der Waals surface area contributed by atoms with Gasteiger partial charge in [0.1, 0.15) is 5.75 Å². The molecule has 0 radical (unpaired) electrons. The van der Waals surface area contributed by atoms with Gasteiger partial charge >= 0.3 is 0 Å². The fourth-order valence-electron chi connectivity index (χ4n) is 1.99. The maximum atomic E-state index is 5.31. The van der Waals surface area contributed by atoms with Crippen molar-refractivity contribution in [2.75, 3.05) is 7.11 Å². The smallest absolute Gasteiger partial charge is 0.211 e. The quantitative estimate of drug-likeness (QED) is 0.480. The van der Waals surface area contributed by atoms with Gasteiger partial charge in [-0.05, 0) is 25.0 Å². The molecule has 0 aliphatic rings. The average Bonchev–Trinajstić information content (AvgIpc) is 2.91. The van der Waals surface area contributed by atoms with Crippen molar-refractivity contribution in [3.05, 3.63) is 48.3 Å². The number of nitrogens with two attached hydrogens (primary N) is 2. The van der Waals surface area contributed by atoms with Crippen molar-refractivity contribution >= 4 is 12.2 Å². The normalized spacial score (nSPS) is 10.7. The number of benzene rings is 1. The number of hydrogen-bond acceptors (Lipinski definition) is 3. The lowest BCUT2D eigenvalue weighted by molar-refractivity contribution is 0.415. The van der Waals surface area contributed by atoms with Gasteiger partial charge in [0.15, 0.2) is 0 Å². The number of guanidine groups is 1. The number of para-hydroxylation sites is 1. The molecule has 21 heavy (non-hydrogen) atoms. The van der Waals surface area contributed by atoms with Crippen molar-refractivity contribution in [2.45, 2.75) is 12.8 Å².